The molecule has 1 aromatic heterocycles. The predicted molar refractivity (Wildman–Crippen MR) is 54.4 cm³/mol. The summed E-state index contributed by atoms with van der Waals surface area (Å²) in [5, 5.41) is 0. The van der Waals surface area contributed by atoms with Crippen molar-refractivity contribution in [3.05, 3.63) is 21.9 Å². The summed E-state index contributed by atoms with van der Waals surface area (Å²) in [5.41, 5.74) is 0. The van der Waals surface area contributed by atoms with Gasteiger partial charge in [0.1, 0.15) is 4.88 Å². The van der Waals surface area contributed by atoms with Crippen molar-refractivity contribution in [2.24, 2.45) is 0 Å². The molecular formula is C9H11ClO2S. The third-order valence-corrected chi connectivity index (χ3v) is 2.85. The molecule has 0 radical (unpaired) electrons. The van der Waals surface area contributed by atoms with Gasteiger partial charge in [0, 0.05) is 4.88 Å². The predicted octanol–water partition coefficient (Wildman–Crippen LogP) is 3.05. The highest BCUT2D eigenvalue weighted by Crippen LogP contribution is 2.19. The molecule has 0 amide bonds. The molecule has 0 atom stereocenters. The zero-order valence-corrected chi connectivity index (χ0v) is 9.11. The lowest BCUT2D eigenvalue weighted by molar-refractivity contribution is 0.0384. The molecule has 0 unspecified atom stereocenters. The Hall–Kier alpha value is -0.540. The molecule has 4 heteroatoms. The molecule has 0 bridgehead atoms. The van der Waals surface area contributed by atoms with Gasteiger partial charge < -0.3 is 4.74 Å². The summed E-state index contributed by atoms with van der Waals surface area (Å²) in [7, 11) is 0. The van der Waals surface area contributed by atoms with E-state index < -0.39 is 0 Å². The number of ether oxygens (including phenoxy) is 1. The number of hydrogen-bond donors (Lipinski definition) is 0. The fourth-order valence-electron chi connectivity index (χ4n) is 0.832. The van der Waals surface area contributed by atoms with Gasteiger partial charge in [-0.3, -0.25) is 0 Å². The number of alkyl halides is 1. The lowest BCUT2D eigenvalue weighted by Gasteiger charge is -2.05. The fourth-order valence-corrected chi connectivity index (χ4v) is 1.82. The maximum absolute atomic E-state index is 11.3. The Morgan fingerprint density at radius 3 is 2.77 bits per heavy atom. The Balaban J connectivity index is 2.66. The molecule has 0 saturated heterocycles. The van der Waals surface area contributed by atoms with Gasteiger partial charge in [-0.15, -0.1) is 22.9 Å². The highest BCUT2D eigenvalue weighted by Gasteiger charge is 2.11. The standard InChI is InChI=1S/C9H11ClO2S/c1-6(2)12-9(11)8-4-3-7(5-10)13-8/h3-4,6H,5H2,1-2H3. The van der Waals surface area contributed by atoms with Gasteiger partial charge in [0.2, 0.25) is 0 Å². The van der Waals surface area contributed by atoms with Crippen molar-refractivity contribution < 1.29 is 9.53 Å². The van der Waals surface area contributed by atoms with Crippen LogP contribution < -0.4 is 0 Å². The maximum atomic E-state index is 11.3. The summed E-state index contributed by atoms with van der Waals surface area (Å²) in [5.74, 6) is 0.177. The van der Waals surface area contributed by atoms with E-state index in [2.05, 4.69) is 0 Å². The van der Waals surface area contributed by atoms with Crippen LogP contribution in [-0.4, -0.2) is 12.1 Å². The van der Waals surface area contributed by atoms with E-state index in [0.717, 1.165) is 4.88 Å². The van der Waals surface area contributed by atoms with Gasteiger partial charge in [0.25, 0.3) is 0 Å². The Labute approximate surface area is 86.5 Å². The summed E-state index contributed by atoms with van der Waals surface area (Å²) in [4.78, 5) is 12.9. The zero-order valence-electron chi connectivity index (χ0n) is 7.54. The molecule has 0 aliphatic carbocycles. The van der Waals surface area contributed by atoms with E-state index in [1.807, 2.05) is 19.9 Å². The minimum Gasteiger partial charge on any atom is -0.459 e. The molecule has 1 rings (SSSR count). The second-order valence-electron chi connectivity index (χ2n) is 2.85. The minimum atomic E-state index is -0.267. The first kappa shape index (κ1) is 10.5. The van der Waals surface area contributed by atoms with Gasteiger partial charge in [-0.2, -0.15) is 0 Å². The van der Waals surface area contributed by atoms with E-state index in [9.17, 15) is 4.79 Å². The van der Waals surface area contributed by atoms with Gasteiger partial charge in [0.05, 0.1) is 12.0 Å². The van der Waals surface area contributed by atoms with E-state index in [1.54, 1.807) is 6.07 Å². The number of halogens is 1. The Kier molecular flexibility index (Phi) is 3.75. The van der Waals surface area contributed by atoms with Crippen LogP contribution >= 0.6 is 22.9 Å². The van der Waals surface area contributed by atoms with Gasteiger partial charge in [-0.25, -0.2) is 4.79 Å². The number of thiophene rings is 1. The van der Waals surface area contributed by atoms with Crippen LogP contribution in [-0.2, 0) is 10.6 Å². The van der Waals surface area contributed by atoms with Crippen LogP contribution in [0.1, 0.15) is 28.4 Å². The molecule has 0 saturated carbocycles. The average Bonchev–Trinajstić information content (AvgIpc) is 2.50. The van der Waals surface area contributed by atoms with Crippen molar-refractivity contribution in [2.75, 3.05) is 0 Å². The molecule has 0 aliphatic rings. The van der Waals surface area contributed by atoms with Crippen molar-refractivity contribution in [2.45, 2.75) is 25.8 Å². The van der Waals surface area contributed by atoms with E-state index in [4.69, 9.17) is 16.3 Å². The monoisotopic (exact) mass is 218 g/mol. The van der Waals surface area contributed by atoms with E-state index >= 15 is 0 Å². The van der Waals surface area contributed by atoms with Crippen LogP contribution in [0.4, 0.5) is 0 Å². The smallest absolute Gasteiger partial charge is 0.348 e. The summed E-state index contributed by atoms with van der Waals surface area (Å²) >= 11 is 6.99. The van der Waals surface area contributed by atoms with E-state index in [-0.39, 0.29) is 12.1 Å². The first-order valence-corrected chi connectivity index (χ1v) is 5.34. The molecule has 1 aromatic rings. The largest absolute Gasteiger partial charge is 0.459 e. The maximum Gasteiger partial charge on any atom is 0.348 e. The Morgan fingerprint density at radius 1 is 1.62 bits per heavy atom. The lowest BCUT2D eigenvalue weighted by atomic mass is 10.4. The quantitative estimate of drug-likeness (QED) is 0.576. The summed E-state index contributed by atoms with van der Waals surface area (Å²) in [6.45, 7) is 3.65. The normalized spacial score (nSPS) is 10.5. The van der Waals surface area contributed by atoms with Crippen LogP contribution in [0, 0.1) is 0 Å². The molecule has 72 valence electrons. The van der Waals surface area contributed by atoms with Crippen LogP contribution in [0.2, 0.25) is 0 Å². The molecule has 0 aromatic carbocycles. The number of hydrogen-bond acceptors (Lipinski definition) is 3. The number of carbonyl (C=O) groups is 1. The second kappa shape index (κ2) is 4.63. The first-order chi connectivity index (χ1) is 6.13. The van der Waals surface area contributed by atoms with Crippen LogP contribution in [0.25, 0.3) is 0 Å². The molecule has 0 spiro atoms. The van der Waals surface area contributed by atoms with E-state index in [1.165, 1.54) is 11.3 Å². The number of rotatable bonds is 3. The van der Waals surface area contributed by atoms with E-state index in [0.29, 0.717) is 10.8 Å². The lowest BCUT2D eigenvalue weighted by Crippen LogP contribution is -2.09. The Bertz CT molecular complexity index is 294. The molecule has 0 aliphatic heterocycles. The molecular weight excluding hydrogens is 208 g/mol. The van der Waals surface area contributed by atoms with Crippen molar-refractivity contribution in [3.8, 4) is 0 Å². The molecule has 0 N–H and O–H groups in total. The van der Waals surface area contributed by atoms with Crippen LogP contribution in [0.5, 0.6) is 0 Å². The Morgan fingerprint density at radius 2 is 2.31 bits per heavy atom. The molecule has 0 fully saturated rings. The van der Waals surface area contributed by atoms with Gasteiger partial charge in [-0.1, -0.05) is 0 Å². The average molecular weight is 219 g/mol. The van der Waals surface area contributed by atoms with Gasteiger partial charge in [-0.05, 0) is 26.0 Å². The minimum absolute atomic E-state index is 0.0750. The van der Waals surface area contributed by atoms with Crippen molar-refractivity contribution in [1.29, 1.82) is 0 Å². The third kappa shape index (κ3) is 3.01. The highest BCUT2D eigenvalue weighted by molar-refractivity contribution is 7.14. The zero-order chi connectivity index (χ0) is 9.84. The first-order valence-electron chi connectivity index (χ1n) is 3.99. The highest BCUT2D eigenvalue weighted by atomic mass is 35.5. The topological polar surface area (TPSA) is 26.3 Å². The van der Waals surface area contributed by atoms with Crippen molar-refractivity contribution in [3.63, 3.8) is 0 Å². The fraction of sp³-hybridized carbons (Fsp3) is 0.444. The second-order valence-corrected chi connectivity index (χ2v) is 4.29. The molecule has 1 heterocycles. The summed E-state index contributed by atoms with van der Waals surface area (Å²) in [6, 6.07) is 3.58. The molecule has 2 nitrogen and oxygen atoms in total. The molecule has 13 heavy (non-hydrogen) atoms. The van der Waals surface area contributed by atoms with Crippen LogP contribution in [0.3, 0.4) is 0 Å². The number of esters is 1. The van der Waals surface area contributed by atoms with Crippen LogP contribution in [0.15, 0.2) is 12.1 Å². The summed E-state index contributed by atoms with van der Waals surface area (Å²) < 4.78 is 5.02. The van der Waals surface area contributed by atoms with Gasteiger partial charge >= 0.3 is 5.97 Å². The third-order valence-electron chi connectivity index (χ3n) is 1.34. The van der Waals surface area contributed by atoms with Crippen molar-refractivity contribution in [1.82, 2.24) is 0 Å². The number of carbonyl (C=O) groups excluding carboxylic acids is 1. The van der Waals surface area contributed by atoms with Crippen molar-refractivity contribution >= 4 is 28.9 Å². The van der Waals surface area contributed by atoms with Gasteiger partial charge in [0.15, 0.2) is 0 Å². The summed E-state index contributed by atoms with van der Waals surface area (Å²) in [6.07, 6.45) is -0.0750. The SMILES string of the molecule is CC(C)OC(=O)c1ccc(CCl)s1.